The highest BCUT2D eigenvalue weighted by Gasteiger charge is 2.17. The van der Waals surface area contributed by atoms with Crippen molar-refractivity contribution in [2.75, 3.05) is 0 Å². The summed E-state index contributed by atoms with van der Waals surface area (Å²) >= 11 is 11.2. The highest BCUT2D eigenvalue weighted by Crippen LogP contribution is 2.32. The molecule has 0 bridgehead atoms. The van der Waals surface area contributed by atoms with Gasteiger partial charge in [-0.3, -0.25) is 0 Å². The van der Waals surface area contributed by atoms with Gasteiger partial charge in [0.05, 0.1) is 5.02 Å². The molecule has 0 unspecified atom stereocenters. The second-order valence-electron chi connectivity index (χ2n) is 2.34. The summed E-state index contributed by atoms with van der Waals surface area (Å²) in [6.07, 6.45) is 1.09. The van der Waals surface area contributed by atoms with Gasteiger partial charge >= 0.3 is 5.97 Å². The maximum Gasteiger partial charge on any atom is 0.339 e. The first-order valence-electron chi connectivity index (χ1n) is 3.52. The molecule has 0 aliphatic rings. The third-order valence-corrected chi connectivity index (χ3v) is 1.91. The number of hydrogen-bond donors (Lipinski definition) is 1. The maximum absolute atomic E-state index is 10.8. The molecule has 0 spiro atoms. The number of carboxylic acid groups (broad SMARTS) is 1. The van der Waals surface area contributed by atoms with E-state index in [1.165, 1.54) is 6.07 Å². The largest absolute Gasteiger partial charge is 0.478 e. The molecule has 0 saturated heterocycles. The molecule has 0 heterocycles. The van der Waals surface area contributed by atoms with E-state index in [4.69, 9.17) is 28.3 Å². The first-order valence-corrected chi connectivity index (χ1v) is 4.28. The average Bonchev–Trinajstić information content (AvgIpc) is 2.15. The van der Waals surface area contributed by atoms with Gasteiger partial charge in [0.15, 0.2) is 5.75 Å². The van der Waals surface area contributed by atoms with Crippen LogP contribution in [-0.4, -0.2) is 17.2 Å². The number of halogens is 2. The summed E-state index contributed by atoms with van der Waals surface area (Å²) in [6, 6.07) is 2.40. The normalized spacial score (nSPS) is 9.20. The summed E-state index contributed by atoms with van der Waals surface area (Å²) in [5.74, 6) is -1.55. The molecule has 0 fully saturated rings. The SMILES string of the molecule is O=C=NOc1c(Cl)cc(Cl)cc1C(=O)O. The first-order chi connectivity index (χ1) is 7.06. The minimum Gasteiger partial charge on any atom is -0.478 e. The van der Waals surface area contributed by atoms with Crippen LogP contribution in [0.15, 0.2) is 17.3 Å². The van der Waals surface area contributed by atoms with Gasteiger partial charge in [-0.2, -0.15) is 0 Å². The standard InChI is InChI=1S/C8H3Cl2NO4/c9-4-1-5(8(13)14)7(6(10)2-4)15-11-3-12/h1-2H,(H,13,14). The van der Waals surface area contributed by atoms with E-state index in [1.54, 1.807) is 0 Å². The molecule has 78 valence electrons. The molecule has 0 aromatic heterocycles. The van der Waals surface area contributed by atoms with E-state index in [0.29, 0.717) is 0 Å². The molecule has 1 N–H and O–H groups in total. The lowest BCUT2D eigenvalue weighted by Gasteiger charge is -2.04. The van der Waals surface area contributed by atoms with Crippen molar-refractivity contribution in [1.82, 2.24) is 0 Å². The van der Waals surface area contributed by atoms with Crippen molar-refractivity contribution < 1.29 is 19.5 Å². The fourth-order valence-electron chi connectivity index (χ4n) is 0.876. The predicted octanol–water partition coefficient (Wildman–Crippen LogP) is 2.32. The molecule has 7 heteroatoms. The van der Waals surface area contributed by atoms with Crippen molar-refractivity contribution in [2.45, 2.75) is 0 Å². The summed E-state index contributed by atoms with van der Waals surface area (Å²) in [5, 5.41) is 11.6. The Labute approximate surface area is 93.8 Å². The van der Waals surface area contributed by atoms with Crippen LogP contribution in [-0.2, 0) is 4.79 Å². The summed E-state index contributed by atoms with van der Waals surface area (Å²) in [4.78, 5) is 25.0. The Morgan fingerprint density at radius 3 is 2.67 bits per heavy atom. The maximum atomic E-state index is 10.8. The molecule has 0 radical (unpaired) electrons. The van der Waals surface area contributed by atoms with Gasteiger partial charge in [-0.25, -0.2) is 9.59 Å². The second-order valence-corrected chi connectivity index (χ2v) is 3.19. The molecule has 0 atom stereocenters. The van der Waals surface area contributed by atoms with Crippen molar-refractivity contribution in [3.8, 4) is 5.75 Å². The molecule has 15 heavy (non-hydrogen) atoms. The van der Waals surface area contributed by atoms with Gasteiger partial charge in [0.1, 0.15) is 5.56 Å². The second kappa shape index (κ2) is 4.79. The van der Waals surface area contributed by atoms with E-state index in [2.05, 4.69) is 9.99 Å². The number of carbonyl (C=O) groups excluding carboxylic acids is 1. The van der Waals surface area contributed by atoms with Crippen molar-refractivity contribution in [3.05, 3.63) is 27.7 Å². The summed E-state index contributed by atoms with van der Waals surface area (Å²) in [6.45, 7) is 0. The Balaban J connectivity index is 3.32. The topological polar surface area (TPSA) is 76.0 Å². The number of carboxylic acids is 1. The zero-order chi connectivity index (χ0) is 11.4. The van der Waals surface area contributed by atoms with Crippen LogP contribution >= 0.6 is 23.2 Å². The van der Waals surface area contributed by atoms with Crippen molar-refractivity contribution in [3.63, 3.8) is 0 Å². The quantitative estimate of drug-likeness (QED) is 0.505. The minimum atomic E-state index is -1.30. The van der Waals surface area contributed by atoms with Crippen LogP contribution in [0.2, 0.25) is 10.0 Å². The lowest BCUT2D eigenvalue weighted by Crippen LogP contribution is -2.00. The highest BCUT2D eigenvalue weighted by atomic mass is 35.5. The third-order valence-electron chi connectivity index (χ3n) is 1.41. The van der Waals surface area contributed by atoms with Crippen molar-refractivity contribution in [2.24, 2.45) is 5.16 Å². The van der Waals surface area contributed by atoms with Crippen LogP contribution in [0.3, 0.4) is 0 Å². The third kappa shape index (κ3) is 2.70. The Kier molecular flexibility index (Phi) is 3.68. The fraction of sp³-hybridized carbons (Fsp3) is 0. The van der Waals surface area contributed by atoms with E-state index < -0.39 is 5.97 Å². The Morgan fingerprint density at radius 2 is 2.13 bits per heavy atom. The van der Waals surface area contributed by atoms with Crippen LogP contribution in [0.25, 0.3) is 0 Å². The van der Waals surface area contributed by atoms with E-state index in [9.17, 15) is 9.59 Å². The molecule has 0 saturated carbocycles. The Hall–Kier alpha value is -1.55. The van der Waals surface area contributed by atoms with Gasteiger partial charge in [0, 0.05) is 10.2 Å². The van der Waals surface area contributed by atoms with Crippen LogP contribution in [0, 0.1) is 0 Å². The molecular formula is C8H3Cl2NO4. The van der Waals surface area contributed by atoms with Crippen LogP contribution < -0.4 is 4.84 Å². The lowest BCUT2D eigenvalue weighted by atomic mass is 10.2. The molecular weight excluding hydrogens is 245 g/mol. The van der Waals surface area contributed by atoms with E-state index in [0.717, 1.165) is 12.1 Å². The number of rotatable bonds is 3. The van der Waals surface area contributed by atoms with Gasteiger partial charge in [-0.1, -0.05) is 23.2 Å². The number of carbonyl (C=O) groups is 1. The van der Waals surface area contributed by atoms with E-state index in [1.807, 2.05) is 0 Å². The number of nitrogens with zero attached hydrogens (tertiary/aromatic N) is 1. The molecule has 0 aliphatic heterocycles. The van der Waals surface area contributed by atoms with Crippen LogP contribution in [0.5, 0.6) is 5.75 Å². The monoisotopic (exact) mass is 247 g/mol. The Morgan fingerprint density at radius 1 is 1.47 bits per heavy atom. The highest BCUT2D eigenvalue weighted by molar-refractivity contribution is 6.36. The molecule has 5 nitrogen and oxygen atoms in total. The van der Waals surface area contributed by atoms with E-state index >= 15 is 0 Å². The number of hydrogen-bond acceptors (Lipinski definition) is 4. The number of benzene rings is 1. The summed E-state index contributed by atoms with van der Waals surface area (Å²) in [7, 11) is 0. The number of aromatic carboxylic acids is 1. The minimum absolute atomic E-state index is 0.0566. The summed E-state index contributed by atoms with van der Waals surface area (Å²) < 4.78 is 0. The smallest absolute Gasteiger partial charge is 0.339 e. The van der Waals surface area contributed by atoms with Gasteiger partial charge in [-0.05, 0) is 12.1 Å². The van der Waals surface area contributed by atoms with Gasteiger partial charge < -0.3 is 9.94 Å². The van der Waals surface area contributed by atoms with Gasteiger partial charge in [-0.15, -0.1) is 0 Å². The summed E-state index contributed by atoms with van der Waals surface area (Å²) in [5.41, 5.74) is -0.286. The molecule has 0 aliphatic carbocycles. The zero-order valence-electron chi connectivity index (χ0n) is 7.03. The van der Waals surface area contributed by atoms with Gasteiger partial charge in [0.2, 0.25) is 0 Å². The fourth-order valence-corrected chi connectivity index (χ4v) is 1.40. The van der Waals surface area contributed by atoms with Crippen molar-refractivity contribution >= 4 is 35.3 Å². The van der Waals surface area contributed by atoms with Crippen molar-refractivity contribution in [1.29, 1.82) is 0 Å². The molecule has 1 rings (SSSR count). The van der Waals surface area contributed by atoms with Crippen LogP contribution in [0.1, 0.15) is 10.4 Å². The van der Waals surface area contributed by atoms with Gasteiger partial charge in [0.25, 0.3) is 6.08 Å². The molecule has 0 amide bonds. The first kappa shape index (κ1) is 11.5. The Bertz CT molecular complexity index is 454. The van der Waals surface area contributed by atoms with E-state index in [-0.39, 0.29) is 21.4 Å². The van der Waals surface area contributed by atoms with Crippen LogP contribution in [0.4, 0.5) is 0 Å². The number of isocyanates is 1. The molecule has 1 aromatic rings. The predicted molar refractivity (Wildman–Crippen MR) is 52.2 cm³/mol. The lowest BCUT2D eigenvalue weighted by molar-refractivity contribution is 0.0692. The average molecular weight is 248 g/mol. The zero-order valence-corrected chi connectivity index (χ0v) is 8.54. The molecule has 1 aromatic carbocycles.